The van der Waals surface area contributed by atoms with Crippen LogP contribution in [0.1, 0.15) is 59.6 Å². The summed E-state index contributed by atoms with van der Waals surface area (Å²) in [6.45, 7) is 9.72. The first-order valence-electron chi connectivity index (χ1n) is 11.5. The molecule has 36 heavy (non-hydrogen) atoms. The number of thioether (sulfide) groups is 1. The average molecular weight is 628 g/mol. The second-order valence-corrected chi connectivity index (χ2v) is 11.8. The highest BCUT2D eigenvalue weighted by molar-refractivity contribution is 14.1. The smallest absolute Gasteiger partial charge is 0.352 e. The molecule has 11 heteroatoms. The third-order valence-corrected chi connectivity index (χ3v) is 8.31. The van der Waals surface area contributed by atoms with E-state index in [4.69, 9.17) is 9.47 Å². The molecule has 0 aromatic heterocycles. The SMILES string of the molecule is CCOC(=O)C1(CC(OC(C)C)c2ccc(I)cc2)SC2=NC(=O)N(C(C)(C)C(=O)O)C(=O)C2=C1C. The van der Waals surface area contributed by atoms with Crippen molar-refractivity contribution in [1.29, 1.82) is 0 Å². The number of aliphatic imine (C=N–C) groups is 1. The van der Waals surface area contributed by atoms with Gasteiger partial charge in [0.2, 0.25) is 0 Å². The van der Waals surface area contributed by atoms with Crippen molar-refractivity contribution in [2.45, 2.75) is 70.5 Å². The summed E-state index contributed by atoms with van der Waals surface area (Å²) in [4.78, 5) is 56.3. The van der Waals surface area contributed by atoms with Crippen LogP contribution in [0.5, 0.6) is 0 Å². The minimum Gasteiger partial charge on any atom is -0.480 e. The lowest BCUT2D eigenvalue weighted by molar-refractivity contribution is -0.152. The average Bonchev–Trinajstić information content (AvgIpc) is 3.05. The van der Waals surface area contributed by atoms with E-state index < -0.39 is 40.3 Å². The highest BCUT2D eigenvalue weighted by atomic mass is 127. The summed E-state index contributed by atoms with van der Waals surface area (Å²) in [7, 11) is 0. The Labute approximate surface area is 227 Å². The number of ether oxygens (including phenoxy) is 2. The first-order valence-corrected chi connectivity index (χ1v) is 13.3. The molecule has 0 saturated heterocycles. The van der Waals surface area contributed by atoms with Crippen LogP contribution in [-0.2, 0) is 23.9 Å². The minimum atomic E-state index is -1.83. The van der Waals surface area contributed by atoms with Gasteiger partial charge in [0.25, 0.3) is 5.91 Å². The number of urea groups is 1. The van der Waals surface area contributed by atoms with Crippen LogP contribution in [0.2, 0.25) is 0 Å². The fourth-order valence-electron chi connectivity index (χ4n) is 4.14. The Morgan fingerprint density at radius 3 is 2.36 bits per heavy atom. The van der Waals surface area contributed by atoms with E-state index in [1.165, 1.54) is 13.8 Å². The van der Waals surface area contributed by atoms with E-state index in [2.05, 4.69) is 27.6 Å². The van der Waals surface area contributed by atoms with Crippen molar-refractivity contribution in [2.75, 3.05) is 6.61 Å². The Morgan fingerprint density at radius 2 is 1.83 bits per heavy atom. The summed E-state index contributed by atoms with van der Waals surface area (Å²) >= 11 is 3.19. The molecule has 3 rings (SSSR count). The molecule has 2 unspecified atom stereocenters. The first kappa shape index (κ1) is 28.3. The fraction of sp³-hybridized carbons (Fsp3) is 0.480. The highest BCUT2D eigenvalue weighted by Gasteiger charge is 2.57. The van der Waals surface area contributed by atoms with E-state index in [0.29, 0.717) is 10.5 Å². The monoisotopic (exact) mass is 628 g/mol. The molecule has 2 aliphatic heterocycles. The number of fused-ring (bicyclic) bond motifs is 1. The van der Waals surface area contributed by atoms with Crippen LogP contribution in [0, 0.1) is 3.57 Å². The predicted octanol–water partition coefficient (Wildman–Crippen LogP) is 4.74. The standard InChI is InChI=1S/C25H29IN2O7S/c1-7-34-22(32)25(12-17(35-13(2)3)15-8-10-16(26)11-9-15)14(4)18-19(36-25)27-23(33)28(20(18)29)24(5,6)21(30)31/h8-11,13,17H,7,12H2,1-6H3,(H,30,31). The molecule has 194 valence electrons. The van der Waals surface area contributed by atoms with Gasteiger partial charge in [0.1, 0.15) is 15.3 Å². The van der Waals surface area contributed by atoms with Crippen LogP contribution < -0.4 is 0 Å². The Hall–Kier alpha value is -2.25. The van der Waals surface area contributed by atoms with Crippen LogP contribution in [0.15, 0.2) is 40.4 Å². The number of carbonyl (C=O) groups excluding carboxylic acids is 3. The predicted molar refractivity (Wildman–Crippen MR) is 144 cm³/mol. The summed E-state index contributed by atoms with van der Waals surface area (Å²) in [5.41, 5.74) is -0.580. The van der Waals surface area contributed by atoms with Crippen molar-refractivity contribution in [1.82, 2.24) is 4.90 Å². The van der Waals surface area contributed by atoms with Gasteiger partial charge in [-0.1, -0.05) is 23.9 Å². The highest BCUT2D eigenvalue weighted by Crippen LogP contribution is 2.52. The molecule has 0 fully saturated rings. The van der Waals surface area contributed by atoms with Crippen LogP contribution in [0.25, 0.3) is 0 Å². The number of halogens is 1. The van der Waals surface area contributed by atoms with Crippen molar-refractivity contribution in [3.8, 4) is 0 Å². The number of imide groups is 1. The largest absolute Gasteiger partial charge is 0.480 e. The van der Waals surface area contributed by atoms with Crippen molar-refractivity contribution in [2.24, 2.45) is 4.99 Å². The molecule has 2 aliphatic rings. The van der Waals surface area contributed by atoms with Crippen molar-refractivity contribution >= 4 is 63.3 Å². The zero-order valence-corrected chi connectivity index (χ0v) is 23.9. The third kappa shape index (κ3) is 5.10. The molecular weight excluding hydrogens is 599 g/mol. The number of aliphatic carboxylic acids is 1. The van der Waals surface area contributed by atoms with Gasteiger partial charge in [-0.25, -0.2) is 14.5 Å². The molecule has 1 aromatic carbocycles. The van der Waals surface area contributed by atoms with Gasteiger partial charge in [0.05, 0.1) is 24.4 Å². The molecule has 1 N–H and O–H groups in total. The van der Waals surface area contributed by atoms with E-state index in [1.54, 1.807) is 13.8 Å². The molecule has 2 atom stereocenters. The lowest BCUT2D eigenvalue weighted by atomic mass is 9.86. The number of carboxylic acids is 1. The maximum Gasteiger partial charge on any atom is 0.352 e. The summed E-state index contributed by atoms with van der Waals surface area (Å²) in [5.74, 6) is -2.74. The van der Waals surface area contributed by atoms with Crippen LogP contribution in [0.4, 0.5) is 4.79 Å². The molecule has 0 radical (unpaired) electrons. The number of rotatable bonds is 9. The zero-order chi connectivity index (χ0) is 27.0. The maximum atomic E-state index is 13.5. The number of benzene rings is 1. The summed E-state index contributed by atoms with van der Waals surface area (Å²) < 4.78 is 11.3. The van der Waals surface area contributed by atoms with Gasteiger partial charge in [0.15, 0.2) is 0 Å². The molecule has 0 spiro atoms. The van der Waals surface area contributed by atoms with Crippen LogP contribution >= 0.6 is 34.4 Å². The van der Waals surface area contributed by atoms with Crippen molar-refractivity contribution < 1.29 is 33.8 Å². The maximum absolute atomic E-state index is 13.5. The summed E-state index contributed by atoms with van der Waals surface area (Å²) in [6.07, 6.45) is -0.580. The molecular formula is C25H29IN2O7S. The Kier molecular flexibility index (Phi) is 8.36. The number of amides is 3. The fourth-order valence-corrected chi connectivity index (χ4v) is 5.93. The number of hydrogen-bond donors (Lipinski definition) is 1. The Bertz CT molecular complexity index is 1160. The number of esters is 1. The molecule has 0 saturated carbocycles. The van der Waals surface area contributed by atoms with Gasteiger partial charge < -0.3 is 14.6 Å². The number of carbonyl (C=O) groups is 4. The topological polar surface area (TPSA) is 123 Å². The van der Waals surface area contributed by atoms with Gasteiger partial charge in [-0.15, -0.1) is 0 Å². The Morgan fingerprint density at radius 1 is 1.22 bits per heavy atom. The van der Waals surface area contributed by atoms with E-state index in [-0.39, 0.29) is 29.7 Å². The minimum absolute atomic E-state index is 0.0490. The number of hydrogen-bond acceptors (Lipinski definition) is 7. The van der Waals surface area contributed by atoms with Crippen LogP contribution in [0.3, 0.4) is 0 Å². The zero-order valence-electron chi connectivity index (χ0n) is 21.0. The Balaban J connectivity index is 2.16. The van der Waals surface area contributed by atoms with Gasteiger partial charge in [-0.3, -0.25) is 9.59 Å². The van der Waals surface area contributed by atoms with E-state index in [1.807, 2.05) is 38.1 Å². The second kappa shape index (κ2) is 10.6. The quantitative estimate of drug-likeness (QED) is 0.308. The second-order valence-electron chi connectivity index (χ2n) is 9.28. The van der Waals surface area contributed by atoms with E-state index in [9.17, 15) is 24.3 Å². The first-order chi connectivity index (χ1) is 16.8. The lowest BCUT2D eigenvalue weighted by Gasteiger charge is -2.34. The third-order valence-electron chi connectivity index (χ3n) is 6.11. The molecule has 9 nitrogen and oxygen atoms in total. The van der Waals surface area contributed by atoms with Crippen molar-refractivity contribution in [3.05, 3.63) is 44.5 Å². The molecule has 1 aromatic rings. The molecule has 0 aliphatic carbocycles. The lowest BCUT2D eigenvalue weighted by Crippen LogP contribution is -2.57. The normalized spacial score (nSPS) is 21.0. The summed E-state index contributed by atoms with van der Waals surface area (Å²) in [5, 5.41) is 9.72. The van der Waals surface area contributed by atoms with E-state index in [0.717, 1.165) is 20.9 Å². The molecule has 2 heterocycles. The number of carboxylic acid groups (broad SMARTS) is 1. The van der Waals surface area contributed by atoms with E-state index >= 15 is 0 Å². The van der Waals surface area contributed by atoms with Crippen LogP contribution in [-0.4, -0.2) is 61.9 Å². The van der Waals surface area contributed by atoms with Gasteiger partial charge in [-0.05, 0) is 87.4 Å². The van der Waals surface area contributed by atoms with Crippen molar-refractivity contribution in [3.63, 3.8) is 0 Å². The van der Waals surface area contributed by atoms with Gasteiger partial charge >= 0.3 is 18.0 Å². The summed E-state index contributed by atoms with van der Waals surface area (Å²) in [6, 6.07) is 6.74. The van der Waals surface area contributed by atoms with Gasteiger partial charge in [0, 0.05) is 9.99 Å². The van der Waals surface area contributed by atoms with Gasteiger partial charge in [-0.2, -0.15) is 4.99 Å². The molecule has 0 bridgehead atoms. The molecule has 3 amide bonds. The number of nitrogens with zero attached hydrogens (tertiary/aromatic N) is 2.